The van der Waals surface area contributed by atoms with Crippen molar-refractivity contribution in [1.82, 2.24) is 9.78 Å². The van der Waals surface area contributed by atoms with Gasteiger partial charge in [0.15, 0.2) is 5.69 Å². The molecule has 10 heteroatoms. The zero-order chi connectivity index (χ0) is 22.3. The zero-order valence-corrected chi connectivity index (χ0v) is 17.4. The number of alkyl halides is 3. The molecule has 0 amide bonds. The number of rotatable bonds is 5. The van der Waals surface area contributed by atoms with Crippen LogP contribution in [0.25, 0.3) is 16.9 Å². The molecule has 0 spiro atoms. The lowest BCUT2D eigenvalue weighted by atomic mass is 10.1. The Labute approximate surface area is 172 Å². The number of aryl methyl sites for hydroxylation is 1. The number of nitrogens with zero attached hydrogens (tertiary/aromatic N) is 3. The Morgan fingerprint density at radius 3 is 2.23 bits per heavy atom. The lowest BCUT2D eigenvalue weighted by Crippen LogP contribution is -2.16. The molecule has 0 radical (unpaired) electrons. The third-order valence-corrected chi connectivity index (χ3v) is 5.72. The number of benzene rings is 2. The molecule has 0 saturated heterocycles. The Kier molecular flexibility index (Phi) is 5.66. The summed E-state index contributed by atoms with van der Waals surface area (Å²) in [5.74, 6) is 0. The molecule has 0 unspecified atom stereocenters. The van der Waals surface area contributed by atoms with E-state index in [9.17, 15) is 21.6 Å². The van der Waals surface area contributed by atoms with Crippen LogP contribution in [0.4, 0.5) is 18.9 Å². The summed E-state index contributed by atoms with van der Waals surface area (Å²) in [5.41, 5.74) is 1.91. The molecule has 3 rings (SSSR count). The lowest BCUT2D eigenvalue weighted by Gasteiger charge is -2.20. The average Bonchev–Trinajstić information content (AvgIpc) is 3.12. The molecule has 0 aliphatic heterocycles. The minimum atomic E-state index is -4.63. The minimum Gasteiger partial charge on any atom is -0.375 e. The quantitative estimate of drug-likeness (QED) is 0.654. The van der Waals surface area contributed by atoms with Gasteiger partial charge in [-0.15, -0.1) is 0 Å². The van der Waals surface area contributed by atoms with Crippen LogP contribution >= 0.6 is 0 Å². The van der Waals surface area contributed by atoms with Crippen molar-refractivity contribution in [2.45, 2.75) is 24.9 Å². The molecule has 1 aromatic heterocycles. The van der Waals surface area contributed by atoms with Crippen LogP contribution in [-0.4, -0.2) is 31.8 Å². The van der Waals surface area contributed by atoms with Crippen LogP contribution in [0.3, 0.4) is 0 Å². The van der Waals surface area contributed by atoms with Crippen LogP contribution in [0.15, 0.2) is 53.4 Å². The highest BCUT2D eigenvalue weighted by atomic mass is 32.2. The molecule has 0 aliphatic carbocycles. The molecule has 6 nitrogen and oxygen atoms in total. The van der Waals surface area contributed by atoms with E-state index < -0.39 is 21.9 Å². The maximum absolute atomic E-state index is 13.3. The monoisotopic (exact) mass is 438 g/mol. The van der Waals surface area contributed by atoms with Gasteiger partial charge in [0.1, 0.15) is 0 Å². The van der Waals surface area contributed by atoms with Crippen LogP contribution in [0.2, 0.25) is 0 Å². The predicted octanol–water partition coefficient (Wildman–Crippen LogP) is 3.97. The Balaban J connectivity index is 2.15. The van der Waals surface area contributed by atoms with Crippen molar-refractivity contribution in [3.63, 3.8) is 0 Å². The van der Waals surface area contributed by atoms with E-state index in [1.54, 1.807) is 12.1 Å². The molecule has 30 heavy (non-hydrogen) atoms. The highest BCUT2D eigenvalue weighted by Gasteiger charge is 2.35. The number of hydrogen-bond donors (Lipinski definition) is 1. The smallest absolute Gasteiger partial charge is 0.375 e. The Morgan fingerprint density at radius 2 is 1.73 bits per heavy atom. The third-order valence-electron chi connectivity index (χ3n) is 4.79. The first-order valence-corrected chi connectivity index (χ1v) is 10.6. The summed E-state index contributed by atoms with van der Waals surface area (Å²) in [6, 6.07) is 11.6. The Hall–Kier alpha value is -2.85. The molecule has 0 fully saturated rings. The zero-order valence-electron chi connectivity index (χ0n) is 16.6. The van der Waals surface area contributed by atoms with Crippen LogP contribution < -0.4 is 10.0 Å². The first-order valence-electron chi connectivity index (χ1n) is 9.04. The summed E-state index contributed by atoms with van der Waals surface area (Å²) in [4.78, 5) is 1.89. The van der Waals surface area contributed by atoms with Crippen molar-refractivity contribution in [2.24, 2.45) is 5.14 Å². The van der Waals surface area contributed by atoms with E-state index in [4.69, 9.17) is 5.14 Å². The number of aromatic nitrogens is 2. The van der Waals surface area contributed by atoms with Crippen molar-refractivity contribution in [3.8, 4) is 16.9 Å². The topological polar surface area (TPSA) is 81.2 Å². The van der Waals surface area contributed by atoms with E-state index in [1.807, 2.05) is 31.9 Å². The third kappa shape index (κ3) is 4.34. The standard InChI is InChI=1S/C20H21F3N4O2S/c1-4-26(3)17-10-5-14(11-13(17)2)18-12-19(20(21,22)23)25-27(18)15-6-8-16(9-7-15)30(24,28)29/h5-12H,4H2,1-3H3,(H2,24,28,29). The van der Waals surface area contributed by atoms with Gasteiger partial charge in [0, 0.05) is 24.8 Å². The number of primary sulfonamides is 1. The summed E-state index contributed by atoms with van der Waals surface area (Å²) >= 11 is 0. The number of sulfonamides is 1. The first-order chi connectivity index (χ1) is 13.9. The van der Waals surface area contributed by atoms with Crippen molar-refractivity contribution in [1.29, 1.82) is 0 Å². The summed E-state index contributed by atoms with van der Waals surface area (Å²) in [6.45, 7) is 4.67. The minimum absolute atomic E-state index is 0.140. The summed E-state index contributed by atoms with van der Waals surface area (Å²) < 4.78 is 64.1. The lowest BCUT2D eigenvalue weighted by molar-refractivity contribution is -0.141. The summed E-state index contributed by atoms with van der Waals surface area (Å²) in [7, 11) is -1.99. The number of hydrogen-bond acceptors (Lipinski definition) is 4. The van der Waals surface area contributed by atoms with Gasteiger partial charge in [0.2, 0.25) is 10.0 Å². The molecule has 2 N–H and O–H groups in total. The van der Waals surface area contributed by atoms with Crippen molar-refractivity contribution < 1.29 is 21.6 Å². The SMILES string of the molecule is CCN(C)c1ccc(-c2cc(C(F)(F)F)nn2-c2ccc(S(N)(=O)=O)cc2)cc1C. The molecule has 2 aromatic carbocycles. The molecular formula is C20H21F3N4O2S. The van der Waals surface area contributed by atoms with E-state index in [1.165, 1.54) is 24.3 Å². The Bertz CT molecular complexity index is 1170. The highest BCUT2D eigenvalue weighted by Crippen LogP contribution is 2.34. The van der Waals surface area contributed by atoms with Crippen molar-refractivity contribution >= 4 is 15.7 Å². The molecule has 3 aromatic rings. The van der Waals surface area contributed by atoms with Gasteiger partial charge < -0.3 is 4.90 Å². The summed E-state index contributed by atoms with van der Waals surface area (Å²) in [5, 5.41) is 8.82. The van der Waals surface area contributed by atoms with Gasteiger partial charge in [0.05, 0.1) is 16.3 Å². The van der Waals surface area contributed by atoms with Gasteiger partial charge in [0.25, 0.3) is 0 Å². The van der Waals surface area contributed by atoms with Gasteiger partial charge in [-0.2, -0.15) is 18.3 Å². The second kappa shape index (κ2) is 7.77. The molecule has 0 saturated carbocycles. The van der Waals surface area contributed by atoms with Crippen LogP contribution in [0, 0.1) is 6.92 Å². The average molecular weight is 438 g/mol. The second-order valence-electron chi connectivity index (χ2n) is 6.88. The summed E-state index contributed by atoms with van der Waals surface area (Å²) in [6.07, 6.45) is -4.63. The van der Waals surface area contributed by atoms with Gasteiger partial charge in [-0.25, -0.2) is 18.2 Å². The van der Waals surface area contributed by atoms with E-state index in [0.29, 0.717) is 5.56 Å². The maximum Gasteiger partial charge on any atom is 0.435 e. The van der Waals surface area contributed by atoms with Crippen molar-refractivity contribution in [2.75, 3.05) is 18.5 Å². The van der Waals surface area contributed by atoms with Gasteiger partial charge in [-0.05, 0) is 61.9 Å². The van der Waals surface area contributed by atoms with Gasteiger partial charge in [-0.1, -0.05) is 6.07 Å². The highest BCUT2D eigenvalue weighted by molar-refractivity contribution is 7.89. The number of halogens is 3. The van der Waals surface area contributed by atoms with E-state index in [0.717, 1.165) is 28.5 Å². The van der Waals surface area contributed by atoms with E-state index in [2.05, 4.69) is 5.10 Å². The molecule has 0 atom stereocenters. The van der Waals surface area contributed by atoms with Crippen LogP contribution in [0.5, 0.6) is 0 Å². The molecule has 0 aliphatic rings. The fourth-order valence-electron chi connectivity index (χ4n) is 3.11. The van der Waals surface area contributed by atoms with Crippen molar-refractivity contribution in [3.05, 3.63) is 59.8 Å². The molecular weight excluding hydrogens is 417 g/mol. The molecule has 1 heterocycles. The maximum atomic E-state index is 13.3. The fraction of sp³-hybridized carbons (Fsp3) is 0.250. The fourth-order valence-corrected chi connectivity index (χ4v) is 3.63. The van der Waals surface area contributed by atoms with Gasteiger partial charge >= 0.3 is 6.18 Å². The number of anilines is 1. The van der Waals surface area contributed by atoms with E-state index in [-0.39, 0.29) is 16.3 Å². The molecule has 160 valence electrons. The largest absolute Gasteiger partial charge is 0.435 e. The van der Waals surface area contributed by atoms with Crippen LogP contribution in [0.1, 0.15) is 18.2 Å². The normalized spacial score (nSPS) is 12.2. The first kappa shape index (κ1) is 21.8. The van der Waals surface area contributed by atoms with Crippen LogP contribution in [-0.2, 0) is 16.2 Å². The molecule has 0 bridgehead atoms. The second-order valence-corrected chi connectivity index (χ2v) is 8.44. The van der Waals surface area contributed by atoms with Gasteiger partial charge in [-0.3, -0.25) is 0 Å². The van der Waals surface area contributed by atoms with E-state index >= 15 is 0 Å². The number of nitrogens with two attached hydrogens (primary N) is 1. The Morgan fingerprint density at radius 1 is 1.10 bits per heavy atom. The predicted molar refractivity (Wildman–Crippen MR) is 109 cm³/mol.